The number of phenols is 1. The lowest BCUT2D eigenvalue weighted by atomic mass is 9.93. The molecule has 2 N–H and O–H groups in total. The number of carbonyl (C=O) groups is 1. The van der Waals surface area contributed by atoms with Crippen LogP contribution in [0.4, 0.5) is 0 Å². The van der Waals surface area contributed by atoms with E-state index in [1.807, 2.05) is 30.3 Å². The molecule has 0 bridgehead atoms. The van der Waals surface area contributed by atoms with Crippen LogP contribution in [0, 0.1) is 0 Å². The maximum atomic E-state index is 13.2. The summed E-state index contributed by atoms with van der Waals surface area (Å²) >= 11 is 0. The van der Waals surface area contributed by atoms with Crippen LogP contribution >= 0.6 is 25.9 Å². The molecular formula is C22H29ClN2O2S. The average Bonchev–Trinajstić information content (AvgIpc) is 3.33. The van der Waals surface area contributed by atoms with Gasteiger partial charge in [-0.15, -0.1) is 12.4 Å². The van der Waals surface area contributed by atoms with E-state index in [9.17, 15) is 9.90 Å². The van der Waals surface area contributed by atoms with E-state index in [1.165, 1.54) is 12.8 Å². The number of likely N-dealkylation sites (tertiary alicyclic amines) is 1. The van der Waals surface area contributed by atoms with Gasteiger partial charge in [-0.2, -0.15) is 13.5 Å². The lowest BCUT2D eigenvalue weighted by Gasteiger charge is -2.27. The second-order valence-corrected chi connectivity index (χ2v) is 7.58. The second kappa shape index (κ2) is 9.68. The Morgan fingerprint density at radius 2 is 1.75 bits per heavy atom. The number of hydrogen-bond acceptors (Lipinski definition) is 3. The molecule has 0 aromatic heterocycles. The Hall–Kier alpha value is -1.69. The summed E-state index contributed by atoms with van der Waals surface area (Å²) in [6.07, 6.45) is 4.16. The summed E-state index contributed by atoms with van der Waals surface area (Å²) in [5.41, 5.74) is 1.60. The number of hydrogen-bond donors (Lipinski definition) is 2. The monoisotopic (exact) mass is 420 g/mol. The van der Waals surface area contributed by atoms with Gasteiger partial charge < -0.3 is 15.3 Å². The van der Waals surface area contributed by atoms with Gasteiger partial charge in [0.2, 0.25) is 5.91 Å². The molecule has 1 amide bonds. The fraction of sp³-hybridized carbons (Fsp3) is 0.409. The molecule has 28 heavy (non-hydrogen) atoms. The number of aromatic hydroxyl groups is 1. The molecule has 1 aliphatic carbocycles. The van der Waals surface area contributed by atoms with Gasteiger partial charge in [0.1, 0.15) is 5.75 Å². The largest absolute Gasteiger partial charge is 0.508 e. The van der Waals surface area contributed by atoms with Gasteiger partial charge >= 0.3 is 0 Å². The third-order valence-electron chi connectivity index (χ3n) is 5.73. The minimum atomic E-state index is -0.475. The number of nitrogens with one attached hydrogen (secondary N) is 1. The van der Waals surface area contributed by atoms with Crippen molar-refractivity contribution in [3.8, 4) is 5.75 Å². The topological polar surface area (TPSA) is 52.6 Å². The number of halogens is 1. The van der Waals surface area contributed by atoms with Gasteiger partial charge in [-0.25, -0.2) is 0 Å². The van der Waals surface area contributed by atoms with Crippen LogP contribution in [0.5, 0.6) is 5.75 Å². The Morgan fingerprint density at radius 3 is 2.36 bits per heavy atom. The van der Waals surface area contributed by atoms with Crippen molar-refractivity contribution in [2.45, 2.75) is 37.1 Å². The molecule has 2 aliphatic rings. The summed E-state index contributed by atoms with van der Waals surface area (Å²) in [4.78, 5) is 15.6. The standard InChI is InChI=1S/C22H26N2O2.ClH.H2S/c25-19-10-6-9-18(15-19)22(11-12-22)21(26)23-20(16-24-13-4-5-14-24)17-7-2-1-3-8-17;;/h1-3,6-10,15,20,25H,4-5,11-14,16H2,(H,23,26);1H;1H2/t20-;;/m1../s1. The van der Waals surface area contributed by atoms with E-state index in [0.717, 1.165) is 43.6 Å². The van der Waals surface area contributed by atoms with Crippen LogP contribution in [0.2, 0.25) is 0 Å². The van der Waals surface area contributed by atoms with Gasteiger partial charge in [-0.1, -0.05) is 42.5 Å². The van der Waals surface area contributed by atoms with Gasteiger partial charge in [-0.3, -0.25) is 4.79 Å². The number of benzene rings is 2. The molecule has 1 saturated carbocycles. The molecule has 6 heteroatoms. The van der Waals surface area contributed by atoms with Crippen molar-refractivity contribution in [2.24, 2.45) is 0 Å². The van der Waals surface area contributed by atoms with Gasteiger partial charge in [0, 0.05) is 6.54 Å². The highest BCUT2D eigenvalue weighted by molar-refractivity contribution is 7.59. The van der Waals surface area contributed by atoms with Crippen molar-refractivity contribution in [3.63, 3.8) is 0 Å². The van der Waals surface area contributed by atoms with E-state index in [1.54, 1.807) is 12.1 Å². The highest BCUT2D eigenvalue weighted by Crippen LogP contribution is 2.49. The Labute approximate surface area is 180 Å². The quantitative estimate of drug-likeness (QED) is 0.744. The third kappa shape index (κ3) is 4.83. The molecule has 1 saturated heterocycles. The molecule has 0 spiro atoms. The molecule has 4 nitrogen and oxygen atoms in total. The predicted molar refractivity (Wildman–Crippen MR) is 120 cm³/mol. The first-order valence-electron chi connectivity index (χ1n) is 9.55. The zero-order chi connectivity index (χ0) is 18.0. The first-order chi connectivity index (χ1) is 12.7. The first-order valence-corrected chi connectivity index (χ1v) is 9.55. The third-order valence-corrected chi connectivity index (χ3v) is 5.73. The Kier molecular flexibility index (Phi) is 7.81. The van der Waals surface area contributed by atoms with Crippen LogP contribution in [-0.4, -0.2) is 35.5 Å². The fourth-order valence-electron chi connectivity index (χ4n) is 4.01. The molecule has 2 aromatic carbocycles. The maximum Gasteiger partial charge on any atom is 0.231 e. The van der Waals surface area contributed by atoms with Gasteiger partial charge in [0.25, 0.3) is 0 Å². The molecule has 2 fully saturated rings. The Morgan fingerprint density at radius 1 is 1.07 bits per heavy atom. The zero-order valence-electron chi connectivity index (χ0n) is 15.9. The van der Waals surface area contributed by atoms with Crippen molar-refractivity contribution in [1.29, 1.82) is 0 Å². The van der Waals surface area contributed by atoms with Crippen LogP contribution in [0.15, 0.2) is 54.6 Å². The van der Waals surface area contributed by atoms with Crippen molar-refractivity contribution in [1.82, 2.24) is 10.2 Å². The summed E-state index contributed by atoms with van der Waals surface area (Å²) in [6.45, 7) is 3.07. The van der Waals surface area contributed by atoms with E-state index < -0.39 is 5.41 Å². The van der Waals surface area contributed by atoms with Crippen molar-refractivity contribution < 1.29 is 9.90 Å². The zero-order valence-corrected chi connectivity index (χ0v) is 17.8. The lowest BCUT2D eigenvalue weighted by molar-refractivity contribution is -0.124. The molecule has 4 rings (SSSR count). The first kappa shape index (κ1) is 22.6. The van der Waals surface area contributed by atoms with Crippen LogP contribution in [0.25, 0.3) is 0 Å². The van der Waals surface area contributed by atoms with Crippen LogP contribution < -0.4 is 5.32 Å². The molecule has 0 radical (unpaired) electrons. The normalized spacial score (nSPS) is 18.4. The molecule has 2 aromatic rings. The summed E-state index contributed by atoms with van der Waals surface area (Å²) in [5, 5.41) is 13.1. The molecule has 1 atom stereocenters. The summed E-state index contributed by atoms with van der Waals surface area (Å²) in [6, 6.07) is 17.4. The Balaban J connectivity index is 0.00000140. The van der Waals surface area contributed by atoms with E-state index in [2.05, 4.69) is 22.3 Å². The number of rotatable bonds is 6. The summed E-state index contributed by atoms with van der Waals surface area (Å²) in [7, 11) is 0. The SMILES string of the molecule is Cl.O=C(N[C@H](CN1CCCC1)c1ccccc1)C1(c2cccc(O)c2)CC1.S. The minimum Gasteiger partial charge on any atom is -0.508 e. The van der Waals surface area contributed by atoms with Crippen molar-refractivity contribution in [2.75, 3.05) is 19.6 Å². The van der Waals surface area contributed by atoms with Crippen molar-refractivity contribution >= 4 is 31.8 Å². The fourth-order valence-corrected chi connectivity index (χ4v) is 4.01. The van der Waals surface area contributed by atoms with Crippen LogP contribution in [0.3, 0.4) is 0 Å². The predicted octanol–water partition coefficient (Wildman–Crippen LogP) is 3.91. The number of carbonyl (C=O) groups excluding carboxylic acids is 1. The van der Waals surface area contributed by atoms with E-state index >= 15 is 0 Å². The number of nitrogens with zero attached hydrogens (tertiary/aromatic N) is 1. The van der Waals surface area contributed by atoms with Crippen LogP contribution in [0.1, 0.15) is 42.9 Å². The molecular weight excluding hydrogens is 392 g/mol. The van der Waals surface area contributed by atoms with Gasteiger partial charge in [0.05, 0.1) is 11.5 Å². The summed E-state index contributed by atoms with van der Waals surface area (Å²) < 4.78 is 0. The molecule has 0 unspecified atom stereocenters. The van der Waals surface area contributed by atoms with Gasteiger partial charge in [-0.05, 0) is 62.0 Å². The minimum absolute atomic E-state index is 0. The average molecular weight is 421 g/mol. The highest BCUT2D eigenvalue weighted by atomic mass is 35.5. The number of amides is 1. The van der Waals surface area contributed by atoms with Crippen molar-refractivity contribution in [3.05, 3.63) is 65.7 Å². The summed E-state index contributed by atoms with van der Waals surface area (Å²) in [5.74, 6) is 0.300. The van der Waals surface area contributed by atoms with E-state index in [-0.39, 0.29) is 43.6 Å². The van der Waals surface area contributed by atoms with E-state index in [0.29, 0.717) is 0 Å². The molecule has 152 valence electrons. The maximum absolute atomic E-state index is 13.2. The second-order valence-electron chi connectivity index (χ2n) is 7.58. The smallest absolute Gasteiger partial charge is 0.231 e. The Bertz CT molecular complexity index is 777. The number of phenolic OH excluding ortho intramolecular Hbond substituents is 1. The van der Waals surface area contributed by atoms with Crippen LogP contribution in [-0.2, 0) is 10.2 Å². The van der Waals surface area contributed by atoms with E-state index in [4.69, 9.17) is 0 Å². The molecule has 1 aliphatic heterocycles. The highest BCUT2D eigenvalue weighted by Gasteiger charge is 2.51. The molecule has 1 heterocycles. The lowest BCUT2D eigenvalue weighted by Crippen LogP contribution is -2.41. The van der Waals surface area contributed by atoms with Gasteiger partial charge in [0.15, 0.2) is 0 Å².